The second-order valence-corrected chi connectivity index (χ2v) is 15.4. The van der Waals surface area contributed by atoms with Crippen LogP contribution in [-0.4, -0.2) is 86.5 Å². The highest BCUT2D eigenvalue weighted by Gasteiger charge is 2.28. The number of anilines is 14. The summed E-state index contributed by atoms with van der Waals surface area (Å²) in [6.07, 6.45) is 0. The zero-order chi connectivity index (χ0) is 45.9. The molecule has 332 valence electrons. The van der Waals surface area contributed by atoms with Crippen LogP contribution in [0.4, 0.5) is 81.2 Å². The standard InChI is InChI=1S/C50H48N12O4/c1-57(2)45-51-47-55-48(52-45)60(34-17-25-42(64-6)26-18-34)38-12-10-14-40(32-38)62(36-21-29-44(66-8)30-22-36)50-54-46(58(3)4)53-49(56-50)61(35-19-27-43(65-7)28-20-35)39-13-9-11-37(31-39)59(47)33-15-23-41(63-5)24-16-33/h9-32H,1-8H3. The van der Waals surface area contributed by atoms with Crippen LogP contribution in [0.1, 0.15) is 0 Å². The lowest BCUT2D eigenvalue weighted by Gasteiger charge is -2.31. The third kappa shape index (κ3) is 8.42. The van der Waals surface area contributed by atoms with Gasteiger partial charge in [0.15, 0.2) is 0 Å². The number of nitrogens with zero attached hydrogens (tertiary/aromatic N) is 12. The summed E-state index contributed by atoms with van der Waals surface area (Å²) in [4.78, 5) is 42.9. The van der Waals surface area contributed by atoms with Crippen molar-refractivity contribution in [3.05, 3.63) is 146 Å². The second kappa shape index (κ2) is 18.2. The molecule has 16 heteroatoms. The van der Waals surface area contributed by atoms with Crippen molar-refractivity contribution in [2.45, 2.75) is 0 Å². The molecule has 9 rings (SSSR count). The molecule has 0 aliphatic carbocycles. The van der Waals surface area contributed by atoms with Gasteiger partial charge in [-0.25, -0.2) is 0 Å². The SMILES string of the molecule is COc1ccc(N2c3cccc(c3)N(c3ccc(OC)cc3)c3nc(N(C)C)nc(n3)N(c3ccc(OC)cc3)c3cccc(c3)N(c3ccc(OC)cc3)c3nc(N(C)C)nc2n3)cc1. The maximum Gasteiger partial charge on any atom is 0.241 e. The van der Waals surface area contributed by atoms with E-state index in [4.69, 9.17) is 48.9 Å². The quantitative estimate of drug-likeness (QED) is 0.129. The second-order valence-electron chi connectivity index (χ2n) is 15.4. The minimum Gasteiger partial charge on any atom is -0.497 e. The van der Waals surface area contributed by atoms with Gasteiger partial charge in [-0.05, 0) is 133 Å². The van der Waals surface area contributed by atoms with Gasteiger partial charge in [-0.1, -0.05) is 12.1 Å². The van der Waals surface area contributed by atoms with Crippen LogP contribution in [0.5, 0.6) is 23.0 Å². The highest BCUT2D eigenvalue weighted by atomic mass is 16.5. The molecule has 3 heterocycles. The average Bonchev–Trinajstić information content (AvgIpc) is 3.35. The summed E-state index contributed by atoms with van der Waals surface area (Å²) in [5.41, 5.74) is 6.06. The molecule has 66 heavy (non-hydrogen) atoms. The molecule has 0 saturated carbocycles. The molecule has 8 bridgehead atoms. The van der Waals surface area contributed by atoms with E-state index in [1.54, 1.807) is 28.4 Å². The maximum atomic E-state index is 5.60. The molecule has 0 fully saturated rings. The van der Waals surface area contributed by atoms with Crippen LogP contribution >= 0.6 is 0 Å². The number of methoxy groups -OCH3 is 4. The largest absolute Gasteiger partial charge is 0.497 e. The molecular weight excluding hydrogens is 833 g/mol. The lowest BCUT2D eigenvalue weighted by Crippen LogP contribution is -2.24. The van der Waals surface area contributed by atoms with E-state index < -0.39 is 0 Å². The first-order valence-corrected chi connectivity index (χ1v) is 21.0. The van der Waals surface area contributed by atoms with Crippen molar-refractivity contribution in [2.75, 3.05) is 86.0 Å². The molecule has 0 unspecified atom stereocenters. The van der Waals surface area contributed by atoms with Crippen LogP contribution in [-0.2, 0) is 0 Å². The predicted octanol–water partition coefficient (Wildman–Crippen LogP) is 10.4. The number of fused-ring (bicyclic) bond motifs is 8. The lowest BCUT2D eigenvalue weighted by molar-refractivity contribution is 0.414. The number of aromatic nitrogens is 6. The van der Waals surface area contributed by atoms with Gasteiger partial charge < -0.3 is 28.7 Å². The van der Waals surface area contributed by atoms with Crippen LogP contribution in [0, 0.1) is 0 Å². The zero-order valence-electron chi connectivity index (χ0n) is 37.9. The number of hydrogen-bond donors (Lipinski definition) is 0. The first kappa shape index (κ1) is 42.6. The van der Waals surface area contributed by atoms with Gasteiger partial charge >= 0.3 is 0 Å². The van der Waals surface area contributed by atoms with Gasteiger partial charge in [-0.15, -0.1) is 0 Å². The van der Waals surface area contributed by atoms with Crippen LogP contribution in [0.15, 0.2) is 146 Å². The number of hydrogen-bond acceptors (Lipinski definition) is 16. The summed E-state index contributed by atoms with van der Waals surface area (Å²) in [5.74, 6) is 5.13. The summed E-state index contributed by atoms with van der Waals surface area (Å²) in [5, 5.41) is 0. The Balaban J connectivity index is 1.41. The van der Waals surface area contributed by atoms with Crippen molar-refractivity contribution in [1.82, 2.24) is 29.9 Å². The molecule has 8 aromatic rings. The zero-order valence-corrected chi connectivity index (χ0v) is 37.9. The molecule has 0 spiro atoms. The minimum atomic E-state index is 0.362. The fourth-order valence-corrected chi connectivity index (χ4v) is 7.47. The van der Waals surface area contributed by atoms with Gasteiger partial charge in [0.05, 0.1) is 51.2 Å². The van der Waals surface area contributed by atoms with Gasteiger partial charge in [-0.3, -0.25) is 19.6 Å². The highest BCUT2D eigenvalue weighted by Crippen LogP contribution is 2.44. The Morgan fingerprint density at radius 1 is 0.303 bits per heavy atom. The van der Waals surface area contributed by atoms with Gasteiger partial charge in [0.1, 0.15) is 23.0 Å². The Morgan fingerprint density at radius 2 is 0.530 bits per heavy atom. The normalized spacial score (nSPS) is 12.1. The summed E-state index contributed by atoms with van der Waals surface area (Å²) in [6, 6.07) is 47.3. The molecule has 0 atom stereocenters. The van der Waals surface area contributed by atoms with Crippen molar-refractivity contribution >= 4 is 81.2 Å². The molecule has 1 aliphatic rings. The third-order valence-corrected chi connectivity index (χ3v) is 10.8. The lowest BCUT2D eigenvalue weighted by atomic mass is 10.2. The molecular formula is C50H48N12O4. The van der Waals surface area contributed by atoms with Crippen molar-refractivity contribution in [2.24, 2.45) is 0 Å². The van der Waals surface area contributed by atoms with Crippen molar-refractivity contribution in [3.63, 3.8) is 0 Å². The number of benzene rings is 6. The molecule has 0 saturated heterocycles. The Hall–Kier alpha value is -8.66. The third-order valence-electron chi connectivity index (χ3n) is 10.8. The molecule has 6 aromatic carbocycles. The monoisotopic (exact) mass is 880 g/mol. The van der Waals surface area contributed by atoms with E-state index in [0.717, 1.165) is 45.5 Å². The van der Waals surface area contributed by atoms with E-state index in [2.05, 4.69) is 12.1 Å². The van der Waals surface area contributed by atoms with Crippen molar-refractivity contribution in [1.29, 1.82) is 0 Å². The van der Waals surface area contributed by atoms with E-state index in [-0.39, 0.29) is 0 Å². The Kier molecular flexibility index (Phi) is 11.8. The average molecular weight is 881 g/mol. The fourth-order valence-electron chi connectivity index (χ4n) is 7.47. The molecule has 2 aromatic heterocycles. The van der Waals surface area contributed by atoms with E-state index in [9.17, 15) is 0 Å². The predicted molar refractivity (Wildman–Crippen MR) is 260 cm³/mol. The highest BCUT2D eigenvalue weighted by molar-refractivity contribution is 5.84. The first-order chi connectivity index (χ1) is 32.1. The van der Waals surface area contributed by atoms with E-state index in [1.165, 1.54) is 0 Å². The van der Waals surface area contributed by atoms with Crippen molar-refractivity contribution < 1.29 is 18.9 Å². The van der Waals surface area contributed by atoms with Crippen LogP contribution in [0.25, 0.3) is 0 Å². The van der Waals surface area contributed by atoms with Gasteiger partial charge in [0.25, 0.3) is 0 Å². The topological polar surface area (TPSA) is 134 Å². The van der Waals surface area contributed by atoms with E-state index in [0.29, 0.717) is 58.7 Å². The fraction of sp³-hybridized carbons (Fsp3) is 0.160. The van der Waals surface area contributed by atoms with Gasteiger partial charge in [0, 0.05) is 50.9 Å². The van der Waals surface area contributed by atoms with Crippen LogP contribution < -0.4 is 48.3 Å². The molecule has 0 amide bonds. The van der Waals surface area contributed by atoms with E-state index in [1.807, 2.05) is 191 Å². The van der Waals surface area contributed by atoms with E-state index >= 15 is 0 Å². The number of ether oxygens (including phenoxy) is 4. The Labute approximate surface area is 383 Å². The summed E-state index contributed by atoms with van der Waals surface area (Å²) >= 11 is 0. The van der Waals surface area contributed by atoms with Gasteiger partial charge in [0.2, 0.25) is 35.7 Å². The molecule has 1 aliphatic heterocycles. The molecule has 0 N–H and O–H groups in total. The molecule has 16 nitrogen and oxygen atoms in total. The Morgan fingerprint density at radius 3 is 0.727 bits per heavy atom. The summed E-state index contributed by atoms with van der Waals surface area (Å²) in [6.45, 7) is 0. The summed E-state index contributed by atoms with van der Waals surface area (Å²) < 4.78 is 22.4. The maximum absolute atomic E-state index is 5.60. The number of rotatable bonds is 10. The summed E-state index contributed by atoms with van der Waals surface area (Å²) in [7, 11) is 14.2. The van der Waals surface area contributed by atoms with Crippen molar-refractivity contribution in [3.8, 4) is 23.0 Å². The molecule has 0 radical (unpaired) electrons. The van der Waals surface area contributed by atoms with Gasteiger partial charge in [-0.2, -0.15) is 29.9 Å². The van der Waals surface area contributed by atoms with Crippen LogP contribution in [0.2, 0.25) is 0 Å². The first-order valence-electron chi connectivity index (χ1n) is 21.0. The minimum absolute atomic E-state index is 0.362. The smallest absolute Gasteiger partial charge is 0.241 e. The van der Waals surface area contributed by atoms with Crippen LogP contribution in [0.3, 0.4) is 0 Å². The Bertz CT molecular complexity index is 2570.